The van der Waals surface area contributed by atoms with E-state index < -0.39 is 11.7 Å². The van der Waals surface area contributed by atoms with Crippen LogP contribution in [-0.2, 0) is 6.18 Å². The van der Waals surface area contributed by atoms with E-state index in [1.54, 1.807) is 6.92 Å². The van der Waals surface area contributed by atoms with E-state index >= 15 is 0 Å². The van der Waals surface area contributed by atoms with Crippen LogP contribution in [0.1, 0.15) is 50.2 Å². The van der Waals surface area contributed by atoms with Crippen molar-refractivity contribution in [3.8, 4) is 5.75 Å². The van der Waals surface area contributed by atoms with Crippen molar-refractivity contribution in [3.05, 3.63) is 34.5 Å². The number of rotatable bonds is 4. The molecule has 22 heavy (non-hydrogen) atoms. The third-order valence-corrected chi connectivity index (χ3v) is 3.84. The molecule has 1 aliphatic carbocycles. The average Bonchev–Trinajstić information content (AvgIpc) is 2.49. The molecule has 0 bridgehead atoms. The van der Waals surface area contributed by atoms with E-state index in [2.05, 4.69) is 0 Å². The van der Waals surface area contributed by atoms with E-state index in [1.807, 2.05) is 0 Å². The first-order valence-electron chi connectivity index (χ1n) is 7.56. The topological polar surface area (TPSA) is 35.3 Å². The van der Waals surface area contributed by atoms with Gasteiger partial charge in [-0.2, -0.15) is 13.2 Å². The van der Waals surface area contributed by atoms with Gasteiger partial charge in [0.25, 0.3) is 0 Å². The second-order valence-electron chi connectivity index (χ2n) is 5.46. The Hall–Kier alpha value is -1.72. The van der Waals surface area contributed by atoms with Crippen LogP contribution < -0.4 is 4.74 Å². The van der Waals surface area contributed by atoms with Crippen molar-refractivity contribution >= 4 is 6.21 Å². The first kappa shape index (κ1) is 16.6. The summed E-state index contributed by atoms with van der Waals surface area (Å²) >= 11 is 0. The molecule has 0 N–H and O–H groups in total. The van der Waals surface area contributed by atoms with Gasteiger partial charge in [-0.25, -0.2) is 4.74 Å². The van der Waals surface area contributed by atoms with Crippen molar-refractivity contribution < 1.29 is 22.6 Å². The van der Waals surface area contributed by atoms with Gasteiger partial charge in [-0.05, 0) is 38.0 Å². The number of hydroxylamine groups is 1. The van der Waals surface area contributed by atoms with Crippen LogP contribution in [0.5, 0.6) is 5.75 Å². The predicted molar refractivity (Wildman–Crippen MR) is 78.3 cm³/mol. The van der Waals surface area contributed by atoms with Gasteiger partial charge in [0, 0.05) is 12.8 Å². The maximum Gasteiger partial charge on any atom is 0.416 e. The van der Waals surface area contributed by atoms with Crippen molar-refractivity contribution in [2.45, 2.75) is 51.2 Å². The molecule has 122 valence electrons. The largest absolute Gasteiger partial charge is 0.624 e. The molecule has 0 heterocycles. The molecule has 1 aromatic rings. The highest BCUT2D eigenvalue weighted by atomic mass is 19.4. The molecular formula is C16H20F3NO2. The zero-order valence-electron chi connectivity index (χ0n) is 12.5. The summed E-state index contributed by atoms with van der Waals surface area (Å²) < 4.78 is 44.4. The maximum atomic E-state index is 12.8. The van der Waals surface area contributed by atoms with Crippen LogP contribution in [0.4, 0.5) is 13.2 Å². The lowest BCUT2D eigenvalue weighted by Crippen LogP contribution is -2.25. The Labute approximate surface area is 128 Å². The molecule has 3 nitrogen and oxygen atoms in total. The van der Waals surface area contributed by atoms with Gasteiger partial charge in [0.05, 0.1) is 17.7 Å². The summed E-state index contributed by atoms with van der Waals surface area (Å²) in [7, 11) is 0. The fourth-order valence-corrected chi connectivity index (χ4v) is 2.68. The lowest BCUT2D eigenvalue weighted by Gasteiger charge is -2.21. The highest BCUT2D eigenvalue weighted by Gasteiger charge is 2.31. The van der Waals surface area contributed by atoms with E-state index in [-0.39, 0.29) is 18.4 Å². The molecule has 1 fully saturated rings. The molecule has 1 aromatic carbocycles. The number of alkyl halides is 3. The summed E-state index contributed by atoms with van der Waals surface area (Å²) in [4.78, 5) is 0. The molecule has 6 heteroatoms. The molecule has 2 rings (SSSR count). The Morgan fingerprint density at radius 2 is 1.95 bits per heavy atom. The Morgan fingerprint density at radius 3 is 2.55 bits per heavy atom. The summed E-state index contributed by atoms with van der Waals surface area (Å²) in [5.41, 5.74) is -0.390. The minimum absolute atomic E-state index is 0.0917. The normalized spacial score (nSPS) is 17.5. The predicted octanol–water partition coefficient (Wildman–Crippen LogP) is 4.37. The zero-order chi connectivity index (χ0) is 16.2. The van der Waals surface area contributed by atoms with Crippen LogP contribution >= 0.6 is 0 Å². The quantitative estimate of drug-likeness (QED) is 0.358. The molecule has 0 spiro atoms. The van der Waals surface area contributed by atoms with Gasteiger partial charge in [-0.1, -0.05) is 6.42 Å². The maximum absolute atomic E-state index is 12.8. The Bertz CT molecular complexity index is 535. The van der Waals surface area contributed by atoms with Crippen LogP contribution in [0, 0.1) is 5.21 Å². The summed E-state index contributed by atoms with van der Waals surface area (Å²) in [5.74, 6) is 0.0917. The van der Waals surface area contributed by atoms with E-state index in [9.17, 15) is 18.4 Å². The van der Waals surface area contributed by atoms with E-state index in [4.69, 9.17) is 4.74 Å². The molecule has 1 saturated carbocycles. The van der Waals surface area contributed by atoms with Crippen LogP contribution in [0.15, 0.2) is 18.2 Å². The Balaban J connectivity index is 2.28. The van der Waals surface area contributed by atoms with E-state index in [1.165, 1.54) is 12.3 Å². The molecule has 1 aliphatic rings. The average molecular weight is 315 g/mol. The molecule has 0 amide bonds. The smallest absolute Gasteiger partial charge is 0.416 e. The minimum atomic E-state index is -4.43. The van der Waals surface area contributed by atoms with Gasteiger partial charge in [-0.15, -0.1) is 0 Å². The summed E-state index contributed by atoms with van der Waals surface area (Å²) in [6, 6.07) is 3.12. The summed E-state index contributed by atoms with van der Waals surface area (Å²) in [6.07, 6.45) is 1.74. The van der Waals surface area contributed by atoms with Gasteiger partial charge in [0.15, 0.2) is 12.3 Å². The van der Waals surface area contributed by atoms with E-state index in [0.717, 1.165) is 49.0 Å². The van der Waals surface area contributed by atoms with Gasteiger partial charge < -0.3 is 9.94 Å². The molecule has 0 atom stereocenters. The number of ether oxygens (including phenoxy) is 1. The number of hydrogen-bond donors (Lipinski definition) is 0. The first-order chi connectivity index (χ1) is 10.4. The Morgan fingerprint density at radius 1 is 1.27 bits per heavy atom. The van der Waals surface area contributed by atoms with Crippen molar-refractivity contribution in [2.75, 3.05) is 6.61 Å². The number of hydrogen-bond acceptors (Lipinski definition) is 2. The van der Waals surface area contributed by atoms with Gasteiger partial charge in [0.1, 0.15) is 5.75 Å². The standard InChI is InChI=1S/C16H20F3NO2/c1-2-22-15-10-13(16(17,18)19)9-8-12(15)11-20(21)14-6-4-3-5-7-14/h8-11,14H,2-7H2,1H3/b20-11-. The van der Waals surface area contributed by atoms with Gasteiger partial charge >= 0.3 is 6.18 Å². The van der Waals surface area contributed by atoms with Crippen molar-refractivity contribution in [1.29, 1.82) is 0 Å². The number of halogens is 3. The Kier molecular flexibility index (Phi) is 5.32. The fourth-order valence-electron chi connectivity index (χ4n) is 2.68. The molecule has 0 saturated heterocycles. The number of benzene rings is 1. The molecular weight excluding hydrogens is 295 g/mol. The first-order valence-corrected chi connectivity index (χ1v) is 7.56. The zero-order valence-corrected chi connectivity index (χ0v) is 12.5. The van der Waals surface area contributed by atoms with Crippen molar-refractivity contribution in [3.63, 3.8) is 0 Å². The SMILES string of the molecule is CCOc1cc(C(F)(F)F)ccc1/C=[N+](\[O-])C1CCCCC1. The lowest BCUT2D eigenvalue weighted by molar-refractivity contribution is -0.500. The lowest BCUT2D eigenvalue weighted by atomic mass is 9.96. The van der Waals surface area contributed by atoms with E-state index in [0.29, 0.717) is 5.56 Å². The van der Waals surface area contributed by atoms with Crippen molar-refractivity contribution in [1.82, 2.24) is 0 Å². The highest BCUT2D eigenvalue weighted by Crippen LogP contribution is 2.33. The molecule has 0 aliphatic heterocycles. The third-order valence-electron chi connectivity index (χ3n) is 3.84. The van der Waals surface area contributed by atoms with Crippen LogP contribution in [0.25, 0.3) is 0 Å². The molecule has 0 aromatic heterocycles. The monoisotopic (exact) mass is 315 g/mol. The highest BCUT2D eigenvalue weighted by molar-refractivity contribution is 5.80. The summed E-state index contributed by atoms with van der Waals surface area (Å²) in [6.45, 7) is 1.94. The van der Waals surface area contributed by atoms with Gasteiger partial charge in [-0.3, -0.25) is 0 Å². The number of nitrogens with zero attached hydrogens (tertiary/aromatic N) is 1. The fraction of sp³-hybridized carbons (Fsp3) is 0.562. The second kappa shape index (κ2) is 7.03. The minimum Gasteiger partial charge on any atom is -0.624 e. The van der Waals surface area contributed by atoms with Crippen molar-refractivity contribution in [2.24, 2.45) is 0 Å². The van der Waals surface area contributed by atoms with Crippen LogP contribution in [0.3, 0.4) is 0 Å². The third kappa shape index (κ3) is 4.15. The van der Waals surface area contributed by atoms with Crippen LogP contribution in [0.2, 0.25) is 0 Å². The summed E-state index contributed by atoms with van der Waals surface area (Å²) in [5, 5.41) is 12.2. The van der Waals surface area contributed by atoms with Gasteiger partial charge in [0.2, 0.25) is 0 Å². The molecule has 0 radical (unpaired) electrons. The molecule has 0 unspecified atom stereocenters. The van der Waals surface area contributed by atoms with Crippen LogP contribution in [-0.4, -0.2) is 23.6 Å². The second-order valence-corrected chi connectivity index (χ2v) is 5.46.